The van der Waals surface area contributed by atoms with Gasteiger partial charge in [0.1, 0.15) is 5.82 Å². The second-order valence-electron chi connectivity index (χ2n) is 23.2. The Hall–Kier alpha value is -8.76. The summed E-state index contributed by atoms with van der Waals surface area (Å²) in [4.78, 5) is 9.82. The Morgan fingerprint density at radius 3 is 1.68 bits per heavy atom. The number of pyridine rings is 1. The Labute approximate surface area is 490 Å². The zero-order chi connectivity index (χ0) is 54.3. The fraction of sp³-hybridized carbons (Fsp3) is 0.120. The summed E-state index contributed by atoms with van der Waals surface area (Å²) >= 11 is 0. The van der Waals surface area contributed by atoms with Gasteiger partial charge in [0.15, 0.2) is 0 Å². The molecule has 3 heterocycles. The van der Waals surface area contributed by atoms with Gasteiger partial charge in [0.05, 0.1) is 5.41 Å². The van der Waals surface area contributed by atoms with Gasteiger partial charge in [-0.15, -0.1) is 47.6 Å². The van der Waals surface area contributed by atoms with Gasteiger partial charge in [0.2, 0.25) is 0 Å². The van der Waals surface area contributed by atoms with Crippen LogP contribution >= 0.6 is 0 Å². The van der Waals surface area contributed by atoms with Gasteiger partial charge in [0, 0.05) is 72.5 Å². The molecule has 0 N–H and O–H groups in total. The van der Waals surface area contributed by atoms with Crippen LogP contribution in [0.4, 0.5) is 22.7 Å². The third kappa shape index (κ3) is 8.60. The van der Waals surface area contributed by atoms with Gasteiger partial charge in [-0.1, -0.05) is 222 Å². The number of hydrogen-bond acceptors (Lipinski definition) is 4. The molecule has 10 aromatic carbocycles. The van der Waals surface area contributed by atoms with E-state index in [-0.39, 0.29) is 31.9 Å². The Morgan fingerprint density at radius 2 is 1.05 bits per heavy atom. The molecule has 1 aliphatic heterocycles. The van der Waals surface area contributed by atoms with Crippen molar-refractivity contribution in [1.82, 2.24) is 9.55 Å². The van der Waals surface area contributed by atoms with Crippen LogP contribution in [0, 0.1) is 18.8 Å². The van der Waals surface area contributed by atoms with Gasteiger partial charge in [0.25, 0.3) is 0 Å². The second-order valence-corrected chi connectivity index (χ2v) is 23.2. The molecule has 398 valence electrons. The number of fused-ring (bicyclic) bond motifs is 7. The average Bonchev–Trinajstić information content (AvgIpc) is 4.28. The number of aromatic nitrogens is 2. The zero-order valence-electron chi connectivity index (χ0n) is 46.2. The van der Waals surface area contributed by atoms with Crippen molar-refractivity contribution in [2.75, 3.05) is 9.80 Å². The van der Waals surface area contributed by atoms with E-state index < -0.39 is 5.41 Å². The van der Waals surface area contributed by atoms with Crippen LogP contribution in [-0.2, 0) is 37.3 Å². The van der Waals surface area contributed by atoms with Gasteiger partial charge in [-0.2, -0.15) is 12.1 Å². The smallest absolute Gasteiger partial charge is 0.135 e. The zero-order valence-corrected chi connectivity index (χ0v) is 48.5. The predicted molar refractivity (Wildman–Crippen MR) is 330 cm³/mol. The quantitative estimate of drug-likeness (QED) is 0.135. The molecule has 12 aromatic rings. The van der Waals surface area contributed by atoms with Gasteiger partial charge >= 0.3 is 0 Å². The van der Waals surface area contributed by atoms with Crippen molar-refractivity contribution in [3.8, 4) is 50.7 Å². The molecule has 2 aliphatic rings. The molecule has 14 rings (SSSR count). The first kappa shape index (κ1) is 51.7. The summed E-state index contributed by atoms with van der Waals surface area (Å²) in [6.07, 6.45) is 1.97. The summed E-state index contributed by atoms with van der Waals surface area (Å²) < 4.78 is 9.46. The first-order chi connectivity index (χ1) is 38.9. The van der Waals surface area contributed by atoms with E-state index in [2.05, 4.69) is 305 Å². The molecule has 81 heavy (non-hydrogen) atoms. The summed E-state index contributed by atoms with van der Waals surface area (Å²) in [5.41, 5.74) is 19.3. The van der Waals surface area contributed by atoms with E-state index in [1.165, 1.54) is 33.4 Å². The maximum atomic E-state index is 7.19. The number of para-hydroxylation sites is 3. The standard InChI is InChI=1S/C75H59N4O.Pt/c1-73(2,3)54-43-60(50-25-10-7-11-26-50)72(61(44-54)51-27-12-8-13-28-51)78-49-77(67-39-22-23-40-68(67)78)55-31-24-32-56(46-55)80-70-48-69-62(47-65(70)74(4,5)6)59-35-18-21-38-66(59)79(69)71-45-53(41-42-76-71)75(52-29-14-9-15-30-52)63-36-19-16-33-57(63)58-34-17-20-37-64(58)75;/h7-45,47,49H,1-6H3;/q-3;. The van der Waals surface area contributed by atoms with Gasteiger partial charge in [-0.3, -0.25) is 0 Å². The molecule has 0 radical (unpaired) electrons. The van der Waals surface area contributed by atoms with Crippen LogP contribution in [0.25, 0.3) is 61.0 Å². The first-order valence-electron chi connectivity index (χ1n) is 27.7. The monoisotopic (exact) mass is 1230 g/mol. The molecule has 1 aliphatic carbocycles. The van der Waals surface area contributed by atoms with E-state index in [9.17, 15) is 0 Å². The van der Waals surface area contributed by atoms with Crippen LogP contribution in [0.2, 0.25) is 0 Å². The van der Waals surface area contributed by atoms with E-state index in [0.717, 1.165) is 83.8 Å². The molecule has 0 saturated heterocycles. The van der Waals surface area contributed by atoms with E-state index in [1.54, 1.807) is 0 Å². The van der Waals surface area contributed by atoms with Crippen molar-refractivity contribution in [2.45, 2.75) is 57.8 Å². The van der Waals surface area contributed by atoms with Gasteiger partial charge in [-0.05, 0) is 103 Å². The number of ether oxygens (including phenoxy) is 1. The summed E-state index contributed by atoms with van der Waals surface area (Å²) in [6, 6.07) is 92.9. The van der Waals surface area contributed by atoms with Crippen LogP contribution < -0.4 is 14.5 Å². The second kappa shape index (κ2) is 20.1. The number of rotatable bonds is 9. The number of hydrogen-bond donors (Lipinski definition) is 0. The number of anilines is 4. The van der Waals surface area contributed by atoms with Crippen LogP contribution in [0.1, 0.15) is 74.9 Å². The summed E-state index contributed by atoms with van der Waals surface area (Å²) in [5.74, 6) is 2.03. The van der Waals surface area contributed by atoms with Gasteiger partial charge < -0.3 is 19.1 Å². The summed E-state index contributed by atoms with van der Waals surface area (Å²) in [7, 11) is 0. The van der Waals surface area contributed by atoms with Crippen LogP contribution in [0.5, 0.6) is 11.5 Å². The Bertz CT molecular complexity index is 4240. The Balaban J connectivity index is 0.00000618. The fourth-order valence-corrected chi connectivity index (χ4v) is 12.5. The average molecular weight is 1230 g/mol. The maximum Gasteiger partial charge on any atom is 0.135 e. The molecule has 0 fully saturated rings. The summed E-state index contributed by atoms with van der Waals surface area (Å²) in [6.45, 7) is 15.8. The minimum atomic E-state index is -0.585. The Kier molecular flexibility index (Phi) is 12.8. The van der Waals surface area contributed by atoms with Crippen molar-refractivity contribution < 1.29 is 25.8 Å². The van der Waals surface area contributed by atoms with Crippen molar-refractivity contribution in [3.05, 3.63) is 295 Å². The molecule has 0 unspecified atom stereocenters. The molecule has 0 saturated carbocycles. The normalized spacial score (nSPS) is 13.5. The summed E-state index contributed by atoms with van der Waals surface area (Å²) in [5, 5.41) is 2.21. The Morgan fingerprint density at radius 1 is 0.481 bits per heavy atom. The van der Waals surface area contributed by atoms with E-state index in [4.69, 9.17) is 9.72 Å². The SMILES string of the molecule is CC(C)(C)c1cc(-c2ccccc2)c(N2[CH-]N(c3[c-]c(Oc4[c-]c5c(cc4C(C)(C)C)c4ccccc4n5-c4cc(C5(c6ccccc6)c6ccccc6-c6ccccc65)ccn4)ccc3)c3ccccc32)c(-c2ccccc2)c1.[Pt]. The predicted octanol–water partition coefficient (Wildman–Crippen LogP) is 19.3. The first-order valence-corrected chi connectivity index (χ1v) is 27.7. The van der Waals surface area contributed by atoms with E-state index in [0.29, 0.717) is 11.5 Å². The topological polar surface area (TPSA) is 33.5 Å². The largest absolute Gasteiger partial charge is 0.509 e. The van der Waals surface area contributed by atoms with Crippen LogP contribution in [-0.4, -0.2) is 9.55 Å². The molecule has 0 spiro atoms. The molecule has 6 heteroatoms. The molecular formula is C75H59N4OPt-3. The molecule has 0 amide bonds. The minimum Gasteiger partial charge on any atom is -0.509 e. The van der Waals surface area contributed by atoms with Gasteiger partial charge in [-0.25, -0.2) is 4.98 Å². The van der Waals surface area contributed by atoms with Crippen molar-refractivity contribution in [3.63, 3.8) is 0 Å². The third-order valence-corrected chi connectivity index (χ3v) is 16.3. The van der Waals surface area contributed by atoms with Crippen LogP contribution in [0.3, 0.4) is 0 Å². The van der Waals surface area contributed by atoms with E-state index >= 15 is 0 Å². The third-order valence-electron chi connectivity index (χ3n) is 16.3. The minimum absolute atomic E-state index is 0. The maximum absolute atomic E-state index is 7.19. The molecular weight excluding hydrogens is 1170 g/mol. The van der Waals surface area contributed by atoms with Crippen molar-refractivity contribution in [2.24, 2.45) is 0 Å². The van der Waals surface area contributed by atoms with Crippen molar-refractivity contribution >= 4 is 44.6 Å². The van der Waals surface area contributed by atoms with Crippen LogP contribution in [0.15, 0.2) is 243 Å². The molecule has 2 aromatic heterocycles. The van der Waals surface area contributed by atoms with E-state index in [1.807, 2.05) is 12.3 Å². The number of nitrogens with zero attached hydrogens (tertiary/aromatic N) is 4. The number of benzene rings is 10. The fourth-order valence-electron chi connectivity index (χ4n) is 12.5. The molecule has 5 nitrogen and oxygen atoms in total. The molecule has 0 atom stereocenters. The molecule has 0 bridgehead atoms. The van der Waals surface area contributed by atoms with Crippen molar-refractivity contribution in [1.29, 1.82) is 0 Å².